The SMILES string of the molecule is C#CC[C@@H](N)CO.Cl. The van der Waals surface area contributed by atoms with Crippen molar-refractivity contribution in [2.75, 3.05) is 6.61 Å². The molecule has 0 aromatic rings. The van der Waals surface area contributed by atoms with E-state index in [0.717, 1.165) is 0 Å². The Morgan fingerprint density at radius 3 is 2.38 bits per heavy atom. The number of halogens is 1. The van der Waals surface area contributed by atoms with Crippen molar-refractivity contribution in [3.05, 3.63) is 0 Å². The molecule has 0 aromatic heterocycles. The van der Waals surface area contributed by atoms with Crippen LogP contribution in [-0.2, 0) is 0 Å². The Bertz CT molecular complexity index is 79.0. The van der Waals surface area contributed by atoms with Crippen molar-refractivity contribution in [1.29, 1.82) is 0 Å². The molecule has 0 unspecified atom stereocenters. The number of nitrogens with two attached hydrogens (primary N) is 1. The van der Waals surface area contributed by atoms with E-state index >= 15 is 0 Å². The Labute approximate surface area is 55.5 Å². The highest BCUT2D eigenvalue weighted by Crippen LogP contribution is 1.79. The first-order valence-electron chi connectivity index (χ1n) is 2.11. The van der Waals surface area contributed by atoms with Gasteiger partial charge in [0.05, 0.1) is 6.61 Å². The highest BCUT2D eigenvalue weighted by atomic mass is 35.5. The zero-order valence-corrected chi connectivity index (χ0v) is 5.32. The number of aliphatic hydroxyl groups is 1. The van der Waals surface area contributed by atoms with Gasteiger partial charge in [0.2, 0.25) is 0 Å². The van der Waals surface area contributed by atoms with Crippen LogP contribution in [0.25, 0.3) is 0 Å². The number of aliphatic hydroxyl groups excluding tert-OH is 1. The molecule has 0 amide bonds. The molecule has 0 saturated heterocycles. The molecule has 0 heterocycles. The second kappa shape index (κ2) is 6.77. The minimum absolute atomic E-state index is 0. The molecule has 0 aliphatic carbocycles. The number of hydrogen-bond acceptors (Lipinski definition) is 2. The van der Waals surface area contributed by atoms with E-state index in [-0.39, 0.29) is 25.1 Å². The van der Waals surface area contributed by atoms with E-state index in [4.69, 9.17) is 17.3 Å². The largest absolute Gasteiger partial charge is 0.395 e. The summed E-state index contributed by atoms with van der Waals surface area (Å²) in [6, 6.07) is -0.231. The topological polar surface area (TPSA) is 46.2 Å². The standard InChI is InChI=1S/C5H9NO.ClH/c1-2-3-5(6)4-7;/h1,5,7H,3-4,6H2;1H/t5-;/m1./s1. The van der Waals surface area contributed by atoms with Crippen molar-refractivity contribution in [3.63, 3.8) is 0 Å². The van der Waals surface area contributed by atoms with Gasteiger partial charge in [0.25, 0.3) is 0 Å². The Hall–Kier alpha value is -0.230. The van der Waals surface area contributed by atoms with Crippen molar-refractivity contribution in [1.82, 2.24) is 0 Å². The Kier molecular flexibility index (Phi) is 9.05. The summed E-state index contributed by atoms with van der Waals surface area (Å²) >= 11 is 0. The fraction of sp³-hybridized carbons (Fsp3) is 0.600. The first-order valence-corrected chi connectivity index (χ1v) is 2.11. The summed E-state index contributed by atoms with van der Waals surface area (Å²) in [4.78, 5) is 0. The van der Waals surface area contributed by atoms with Crippen LogP contribution >= 0.6 is 12.4 Å². The maximum atomic E-state index is 8.25. The van der Waals surface area contributed by atoms with Crippen LogP contribution in [0.15, 0.2) is 0 Å². The van der Waals surface area contributed by atoms with E-state index in [1.54, 1.807) is 0 Å². The quantitative estimate of drug-likeness (QED) is 0.513. The van der Waals surface area contributed by atoms with Crippen LogP contribution < -0.4 is 5.73 Å². The van der Waals surface area contributed by atoms with Crippen molar-refractivity contribution >= 4 is 12.4 Å². The van der Waals surface area contributed by atoms with Crippen molar-refractivity contribution in [2.45, 2.75) is 12.5 Å². The third-order valence-corrected chi connectivity index (χ3v) is 0.615. The van der Waals surface area contributed by atoms with E-state index in [1.165, 1.54) is 0 Å². The second-order valence-electron chi connectivity index (χ2n) is 1.35. The summed E-state index contributed by atoms with van der Waals surface area (Å²) in [5, 5.41) is 8.25. The van der Waals surface area contributed by atoms with Gasteiger partial charge in [-0.25, -0.2) is 0 Å². The van der Waals surface area contributed by atoms with Gasteiger partial charge in [-0.2, -0.15) is 0 Å². The molecule has 3 N–H and O–H groups in total. The lowest BCUT2D eigenvalue weighted by atomic mass is 10.2. The van der Waals surface area contributed by atoms with Gasteiger partial charge in [0.15, 0.2) is 0 Å². The van der Waals surface area contributed by atoms with Crippen LogP contribution in [0.4, 0.5) is 0 Å². The predicted molar refractivity (Wildman–Crippen MR) is 35.8 cm³/mol. The van der Waals surface area contributed by atoms with E-state index in [2.05, 4.69) is 5.92 Å². The molecule has 0 rings (SSSR count). The van der Waals surface area contributed by atoms with Gasteiger partial charge in [0.1, 0.15) is 0 Å². The summed E-state index contributed by atoms with van der Waals surface area (Å²) in [7, 11) is 0. The second-order valence-corrected chi connectivity index (χ2v) is 1.35. The number of hydrogen-bond donors (Lipinski definition) is 2. The lowest BCUT2D eigenvalue weighted by molar-refractivity contribution is 0.267. The van der Waals surface area contributed by atoms with Gasteiger partial charge >= 0.3 is 0 Å². The molecule has 0 aromatic carbocycles. The maximum absolute atomic E-state index is 8.25. The van der Waals surface area contributed by atoms with Crippen LogP contribution in [0.5, 0.6) is 0 Å². The summed E-state index contributed by atoms with van der Waals surface area (Å²) in [6.07, 6.45) is 5.32. The lowest BCUT2D eigenvalue weighted by Gasteiger charge is -1.98. The smallest absolute Gasteiger partial charge is 0.0591 e. The minimum atomic E-state index is -0.231. The highest BCUT2D eigenvalue weighted by molar-refractivity contribution is 5.85. The molecule has 1 atom stereocenters. The van der Waals surface area contributed by atoms with Crippen LogP contribution in [0, 0.1) is 12.3 Å². The number of terminal acetylenes is 1. The maximum Gasteiger partial charge on any atom is 0.0591 e. The number of rotatable bonds is 2. The van der Waals surface area contributed by atoms with Crippen LogP contribution in [0.1, 0.15) is 6.42 Å². The van der Waals surface area contributed by atoms with Crippen molar-refractivity contribution in [3.8, 4) is 12.3 Å². The molecule has 0 bridgehead atoms. The van der Waals surface area contributed by atoms with Crippen LogP contribution in [0.2, 0.25) is 0 Å². The average molecular weight is 136 g/mol. The van der Waals surface area contributed by atoms with Gasteiger partial charge in [-0.05, 0) is 0 Å². The monoisotopic (exact) mass is 135 g/mol. The molecule has 0 spiro atoms. The first-order chi connectivity index (χ1) is 3.31. The van der Waals surface area contributed by atoms with Crippen molar-refractivity contribution < 1.29 is 5.11 Å². The zero-order chi connectivity index (χ0) is 5.70. The predicted octanol–water partition coefficient (Wildman–Crippen LogP) is -0.249. The third kappa shape index (κ3) is 5.77. The lowest BCUT2D eigenvalue weighted by Crippen LogP contribution is -2.23. The summed E-state index contributed by atoms with van der Waals surface area (Å²) < 4.78 is 0. The van der Waals surface area contributed by atoms with E-state index in [1.807, 2.05) is 0 Å². The molecular formula is C5H10ClNO. The minimum Gasteiger partial charge on any atom is -0.395 e. The van der Waals surface area contributed by atoms with E-state index in [9.17, 15) is 0 Å². The molecule has 48 valence electrons. The van der Waals surface area contributed by atoms with E-state index in [0.29, 0.717) is 6.42 Å². The Morgan fingerprint density at radius 2 is 2.25 bits per heavy atom. The Balaban J connectivity index is 0. The molecule has 0 radical (unpaired) electrons. The molecule has 0 aliphatic rings. The Morgan fingerprint density at radius 1 is 1.75 bits per heavy atom. The first kappa shape index (κ1) is 10.7. The molecule has 0 fully saturated rings. The molecule has 0 aliphatic heterocycles. The van der Waals surface area contributed by atoms with Gasteiger partial charge in [-0.15, -0.1) is 24.8 Å². The van der Waals surface area contributed by atoms with Gasteiger partial charge in [0, 0.05) is 12.5 Å². The third-order valence-electron chi connectivity index (χ3n) is 0.615. The van der Waals surface area contributed by atoms with E-state index < -0.39 is 0 Å². The van der Waals surface area contributed by atoms with Gasteiger partial charge in [-0.3, -0.25) is 0 Å². The van der Waals surface area contributed by atoms with Crippen LogP contribution in [0.3, 0.4) is 0 Å². The fourth-order valence-corrected chi connectivity index (χ4v) is 0.216. The summed E-state index contributed by atoms with van der Waals surface area (Å²) in [6.45, 7) is -0.0236. The summed E-state index contributed by atoms with van der Waals surface area (Å²) in [5.74, 6) is 2.33. The zero-order valence-electron chi connectivity index (χ0n) is 4.50. The van der Waals surface area contributed by atoms with Crippen molar-refractivity contribution in [2.24, 2.45) is 5.73 Å². The van der Waals surface area contributed by atoms with Gasteiger partial charge in [-0.1, -0.05) is 0 Å². The average Bonchev–Trinajstić information content (AvgIpc) is 1.68. The normalized spacial score (nSPS) is 11.1. The summed E-state index contributed by atoms with van der Waals surface area (Å²) in [5.41, 5.74) is 5.19. The van der Waals surface area contributed by atoms with Crippen LogP contribution in [-0.4, -0.2) is 17.8 Å². The molecule has 2 nitrogen and oxygen atoms in total. The highest BCUT2D eigenvalue weighted by Gasteiger charge is 1.92. The van der Waals surface area contributed by atoms with Gasteiger partial charge < -0.3 is 10.8 Å². The molecule has 3 heteroatoms. The molecule has 0 saturated carbocycles. The molecular weight excluding hydrogens is 126 g/mol. The fourth-order valence-electron chi connectivity index (χ4n) is 0.216. The molecule has 8 heavy (non-hydrogen) atoms.